The third-order valence-electron chi connectivity index (χ3n) is 1.97. The lowest BCUT2D eigenvalue weighted by Crippen LogP contribution is -2.11. The summed E-state index contributed by atoms with van der Waals surface area (Å²) in [7, 11) is 0. The van der Waals surface area contributed by atoms with Crippen molar-refractivity contribution in [3.05, 3.63) is 29.8 Å². The Labute approximate surface area is 86.4 Å². The van der Waals surface area contributed by atoms with E-state index in [1.54, 1.807) is 12.1 Å². The smallest absolute Gasteiger partial charge is 0.335 e. The Morgan fingerprint density at radius 1 is 1.40 bits per heavy atom. The zero-order chi connectivity index (χ0) is 10.7. The molecule has 1 aromatic rings. The number of carbonyl (C=O) groups is 1. The van der Waals surface area contributed by atoms with Crippen LogP contribution in [0.25, 0.3) is 0 Å². The molecule has 1 aromatic carbocycles. The van der Waals surface area contributed by atoms with Crippen LogP contribution in [0.15, 0.2) is 29.3 Å². The molecule has 0 radical (unpaired) electrons. The number of carboxylic acid groups (broad SMARTS) is 1. The molecule has 0 bridgehead atoms. The first-order valence-electron chi connectivity index (χ1n) is 4.53. The molecule has 0 unspecified atom stereocenters. The molecule has 2 rings (SSSR count). The largest absolute Gasteiger partial charge is 0.478 e. The fourth-order valence-electron chi connectivity index (χ4n) is 1.23. The summed E-state index contributed by atoms with van der Waals surface area (Å²) < 4.78 is 5.16. The minimum absolute atomic E-state index is 0.259. The molecule has 0 spiro atoms. The quantitative estimate of drug-likeness (QED) is 0.762. The number of nitrogens with one attached hydrogen (secondary N) is 1. The van der Waals surface area contributed by atoms with Gasteiger partial charge in [0.2, 0.25) is 0 Å². The molecule has 0 aromatic heterocycles. The highest BCUT2D eigenvalue weighted by atomic mass is 16.5. The van der Waals surface area contributed by atoms with Gasteiger partial charge in [-0.3, -0.25) is 0 Å². The minimum atomic E-state index is -0.934. The molecule has 1 heterocycles. The number of aromatic carboxylic acids is 1. The van der Waals surface area contributed by atoms with E-state index in [-0.39, 0.29) is 5.56 Å². The summed E-state index contributed by atoms with van der Waals surface area (Å²) in [6, 6.07) is 6.89. The normalized spacial score (nSPS) is 14.3. The summed E-state index contributed by atoms with van der Waals surface area (Å²) in [5.41, 5.74) is 1.02. The van der Waals surface area contributed by atoms with Crippen molar-refractivity contribution in [2.45, 2.75) is 0 Å². The molecule has 0 atom stereocenters. The maximum Gasteiger partial charge on any atom is 0.335 e. The molecule has 5 nitrogen and oxygen atoms in total. The number of aliphatic imine (C=N–C) groups is 1. The molecule has 0 fully saturated rings. The number of benzene rings is 1. The number of ether oxygens (including phenoxy) is 1. The second-order valence-electron chi connectivity index (χ2n) is 3.04. The van der Waals surface area contributed by atoms with E-state index < -0.39 is 5.97 Å². The zero-order valence-electron chi connectivity index (χ0n) is 7.93. The summed E-state index contributed by atoms with van der Waals surface area (Å²) in [4.78, 5) is 14.6. The molecule has 5 heteroatoms. The molecule has 0 saturated carbocycles. The van der Waals surface area contributed by atoms with Gasteiger partial charge in [0.25, 0.3) is 6.02 Å². The van der Waals surface area contributed by atoms with Gasteiger partial charge in [0.15, 0.2) is 0 Å². The number of hydrogen-bond acceptors (Lipinski definition) is 4. The molecular formula is C10H10N2O3. The van der Waals surface area contributed by atoms with Crippen molar-refractivity contribution in [2.75, 3.05) is 18.5 Å². The molecule has 1 aliphatic heterocycles. The van der Waals surface area contributed by atoms with Gasteiger partial charge in [-0.2, -0.15) is 0 Å². The summed E-state index contributed by atoms with van der Waals surface area (Å²) in [5, 5.41) is 11.6. The van der Waals surface area contributed by atoms with Gasteiger partial charge in [0.1, 0.15) is 6.61 Å². The van der Waals surface area contributed by atoms with Gasteiger partial charge in [0.05, 0.1) is 12.1 Å². The number of nitrogens with zero attached hydrogens (tertiary/aromatic N) is 1. The highest BCUT2D eigenvalue weighted by Crippen LogP contribution is 2.10. The van der Waals surface area contributed by atoms with Gasteiger partial charge in [-0.25, -0.2) is 9.79 Å². The van der Waals surface area contributed by atoms with Gasteiger partial charge < -0.3 is 15.2 Å². The third kappa shape index (κ3) is 2.25. The van der Waals surface area contributed by atoms with E-state index >= 15 is 0 Å². The van der Waals surface area contributed by atoms with Gasteiger partial charge >= 0.3 is 5.97 Å². The molecule has 0 aliphatic carbocycles. The van der Waals surface area contributed by atoms with Gasteiger partial charge in [-0.1, -0.05) is 0 Å². The molecule has 15 heavy (non-hydrogen) atoms. The Hall–Kier alpha value is -2.04. The van der Waals surface area contributed by atoms with Crippen LogP contribution in [0.1, 0.15) is 10.4 Å². The van der Waals surface area contributed by atoms with Crippen LogP contribution >= 0.6 is 0 Å². The molecular weight excluding hydrogens is 196 g/mol. The van der Waals surface area contributed by atoms with Crippen LogP contribution in [-0.4, -0.2) is 30.2 Å². The van der Waals surface area contributed by atoms with E-state index in [0.29, 0.717) is 19.2 Å². The van der Waals surface area contributed by atoms with Gasteiger partial charge in [-0.05, 0) is 24.3 Å². The average Bonchev–Trinajstić information content (AvgIpc) is 2.71. The molecule has 2 N–H and O–H groups in total. The number of amidine groups is 1. The highest BCUT2D eigenvalue weighted by molar-refractivity contribution is 5.91. The monoisotopic (exact) mass is 206 g/mol. The Balaban J connectivity index is 2.06. The second-order valence-corrected chi connectivity index (χ2v) is 3.04. The standard InChI is InChI=1S/C10H10N2O3/c13-9(14)7-1-3-8(4-2-7)12-10-11-5-6-15-10/h1-4H,5-6H2,(H,11,12)(H,13,14). The molecule has 78 valence electrons. The van der Waals surface area contributed by atoms with Crippen molar-refractivity contribution in [3.8, 4) is 0 Å². The van der Waals surface area contributed by atoms with E-state index in [2.05, 4.69) is 10.3 Å². The first-order chi connectivity index (χ1) is 7.25. The van der Waals surface area contributed by atoms with E-state index in [1.165, 1.54) is 12.1 Å². The van der Waals surface area contributed by atoms with Crippen molar-refractivity contribution in [2.24, 2.45) is 4.99 Å². The molecule has 1 aliphatic rings. The van der Waals surface area contributed by atoms with Crippen LogP contribution in [0.2, 0.25) is 0 Å². The highest BCUT2D eigenvalue weighted by Gasteiger charge is 2.07. The number of hydrogen-bond donors (Lipinski definition) is 2. The van der Waals surface area contributed by atoms with Crippen molar-refractivity contribution < 1.29 is 14.6 Å². The van der Waals surface area contributed by atoms with Crippen LogP contribution in [-0.2, 0) is 4.74 Å². The predicted octanol–water partition coefficient (Wildman–Crippen LogP) is 1.18. The summed E-state index contributed by atoms with van der Waals surface area (Å²) in [6.45, 7) is 1.26. The van der Waals surface area contributed by atoms with Crippen molar-refractivity contribution >= 4 is 17.7 Å². The number of anilines is 1. The zero-order valence-corrected chi connectivity index (χ0v) is 7.93. The first-order valence-corrected chi connectivity index (χ1v) is 4.53. The SMILES string of the molecule is O=C(O)c1ccc(NC2=NCCO2)cc1. The molecule has 0 saturated heterocycles. The summed E-state index contributed by atoms with van der Waals surface area (Å²) in [5.74, 6) is -0.934. The van der Waals surface area contributed by atoms with Crippen LogP contribution in [0.3, 0.4) is 0 Å². The third-order valence-corrected chi connectivity index (χ3v) is 1.97. The Bertz CT molecular complexity index is 398. The van der Waals surface area contributed by atoms with Crippen molar-refractivity contribution in [3.63, 3.8) is 0 Å². The summed E-state index contributed by atoms with van der Waals surface area (Å²) >= 11 is 0. The van der Waals surface area contributed by atoms with E-state index in [1.807, 2.05) is 0 Å². The lowest BCUT2D eigenvalue weighted by Gasteiger charge is -2.05. The number of rotatable bonds is 2. The van der Waals surface area contributed by atoms with Crippen LogP contribution in [0, 0.1) is 0 Å². The fourth-order valence-corrected chi connectivity index (χ4v) is 1.23. The van der Waals surface area contributed by atoms with Crippen LogP contribution < -0.4 is 5.32 Å². The lowest BCUT2D eigenvalue weighted by molar-refractivity contribution is 0.0697. The van der Waals surface area contributed by atoms with Gasteiger partial charge in [-0.15, -0.1) is 0 Å². The van der Waals surface area contributed by atoms with Crippen molar-refractivity contribution in [1.29, 1.82) is 0 Å². The van der Waals surface area contributed by atoms with Gasteiger partial charge in [0, 0.05) is 5.69 Å². The van der Waals surface area contributed by atoms with Crippen LogP contribution in [0.5, 0.6) is 0 Å². The average molecular weight is 206 g/mol. The fraction of sp³-hybridized carbons (Fsp3) is 0.200. The maximum atomic E-state index is 10.6. The lowest BCUT2D eigenvalue weighted by atomic mass is 10.2. The second kappa shape index (κ2) is 4.00. The topological polar surface area (TPSA) is 70.9 Å². The maximum absolute atomic E-state index is 10.6. The minimum Gasteiger partial charge on any atom is -0.478 e. The van der Waals surface area contributed by atoms with Crippen LogP contribution in [0.4, 0.5) is 5.69 Å². The number of carboxylic acids is 1. The predicted molar refractivity (Wildman–Crippen MR) is 55.3 cm³/mol. The Morgan fingerprint density at radius 3 is 2.67 bits per heavy atom. The molecule has 0 amide bonds. The van der Waals surface area contributed by atoms with E-state index in [4.69, 9.17) is 9.84 Å². The first kappa shape index (κ1) is 9.51. The van der Waals surface area contributed by atoms with E-state index in [0.717, 1.165) is 5.69 Å². The Kier molecular flexibility index (Phi) is 2.53. The van der Waals surface area contributed by atoms with E-state index in [9.17, 15) is 4.79 Å². The summed E-state index contributed by atoms with van der Waals surface area (Å²) in [6.07, 6.45) is 0. The van der Waals surface area contributed by atoms with Crippen molar-refractivity contribution in [1.82, 2.24) is 0 Å². The Morgan fingerprint density at radius 2 is 2.13 bits per heavy atom.